The Hall–Kier alpha value is -2.93. The number of carbonyl (C=O) groups excluding carboxylic acids is 1. The van der Waals surface area contributed by atoms with Crippen LogP contribution in [0.3, 0.4) is 0 Å². The standard InChI is InChI=1S/C20H25ClN4O3/c1-4-22-20(25-14-9-10-17(27-2)18(13-14)28-3)24-12-11-23-19(26)15-7-5-6-8-16(15)21/h5-10,13H,4,11-12H2,1-3H3,(H,23,26)(H2,22,24,25). The third kappa shape index (κ3) is 6.06. The average molecular weight is 405 g/mol. The van der Waals surface area contributed by atoms with Crippen molar-refractivity contribution in [3.8, 4) is 11.5 Å². The number of hydrogen-bond donors (Lipinski definition) is 3. The van der Waals surface area contributed by atoms with Crippen LogP contribution in [0.5, 0.6) is 11.5 Å². The number of anilines is 1. The van der Waals surface area contributed by atoms with Crippen molar-refractivity contribution in [2.45, 2.75) is 6.92 Å². The monoisotopic (exact) mass is 404 g/mol. The van der Waals surface area contributed by atoms with E-state index in [0.29, 0.717) is 47.7 Å². The highest BCUT2D eigenvalue weighted by molar-refractivity contribution is 6.33. The Morgan fingerprint density at radius 1 is 1.07 bits per heavy atom. The average Bonchev–Trinajstić information content (AvgIpc) is 2.71. The molecule has 150 valence electrons. The van der Waals surface area contributed by atoms with E-state index in [4.69, 9.17) is 21.1 Å². The van der Waals surface area contributed by atoms with Crippen molar-refractivity contribution in [1.82, 2.24) is 10.6 Å². The van der Waals surface area contributed by atoms with Crippen molar-refractivity contribution in [2.24, 2.45) is 4.99 Å². The molecule has 0 aliphatic rings. The molecular weight excluding hydrogens is 380 g/mol. The van der Waals surface area contributed by atoms with E-state index >= 15 is 0 Å². The number of nitrogens with one attached hydrogen (secondary N) is 3. The van der Waals surface area contributed by atoms with Gasteiger partial charge in [0.25, 0.3) is 5.91 Å². The Morgan fingerprint density at radius 2 is 1.82 bits per heavy atom. The summed E-state index contributed by atoms with van der Waals surface area (Å²) in [5, 5.41) is 9.60. The van der Waals surface area contributed by atoms with Gasteiger partial charge in [-0.1, -0.05) is 23.7 Å². The summed E-state index contributed by atoms with van der Waals surface area (Å²) in [6.07, 6.45) is 0. The SMILES string of the molecule is CCNC(=NCCNC(=O)c1ccccc1Cl)Nc1ccc(OC)c(OC)c1. The van der Waals surface area contributed by atoms with E-state index in [-0.39, 0.29) is 5.91 Å². The number of halogens is 1. The number of rotatable bonds is 8. The second kappa shape index (κ2) is 11.0. The normalized spacial score (nSPS) is 10.9. The summed E-state index contributed by atoms with van der Waals surface area (Å²) in [6.45, 7) is 3.46. The molecule has 0 heterocycles. The van der Waals surface area contributed by atoms with Gasteiger partial charge >= 0.3 is 0 Å². The van der Waals surface area contributed by atoms with Crippen molar-refractivity contribution < 1.29 is 14.3 Å². The molecule has 0 saturated heterocycles. The minimum Gasteiger partial charge on any atom is -0.493 e. The third-order valence-electron chi connectivity index (χ3n) is 3.78. The Labute approximate surface area is 170 Å². The number of benzene rings is 2. The van der Waals surface area contributed by atoms with Crippen LogP contribution in [0.1, 0.15) is 17.3 Å². The summed E-state index contributed by atoms with van der Waals surface area (Å²) in [6, 6.07) is 12.4. The van der Waals surface area contributed by atoms with E-state index in [0.717, 1.165) is 5.69 Å². The first-order valence-electron chi connectivity index (χ1n) is 8.89. The summed E-state index contributed by atoms with van der Waals surface area (Å²) >= 11 is 6.03. The van der Waals surface area contributed by atoms with Gasteiger partial charge in [-0.25, -0.2) is 0 Å². The number of guanidine groups is 1. The molecule has 2 aromatic rings. The van der Waals surface area contributed by atoms with Crippen LogP contribution >= 0.6 is 11.6 Å². The molecule has 28 heavy (non-hydrogen) atoms. The van der Waals surface area contributed by atoms with E-state index in [1.54, 1.807) is 38.5 Å². The minimum absolute atomic E-state index is 0.223. The van der Waals surface area contributed by atoms with Crippen molar-refractivity contribution in [3.63, 3.8) is 0 Å². The molecule has 2 aromatic carbocycles. The molecule has 3 N–H and O–H groups in total. The van der Waals surface area contributed by atoms with Gasteiger partial charge in [0.1, 0.15) is 0 Å². The predicted molar refractivity (Wildman–Crippen MR) is 113 cm³/mol. The summed E-state index contributed by atoms with van der Waals surface area (Å²) in [5.74, 6) is 1.65. The predicted octanol–water partition coefficient (Wildman–Crippen LogP) is 3.16. The molecule has 1 amide bonds. The lowest BCUT2D eigenvalue weighted by Crippen LogP contribution is -2.32. The van der Waals surface area contributed by atoms with Crippen LogP contribution in [0.4, 0.5) is 5.69 Å². The van der Waals surface area contributed by atoms with Crippen LogP contribution in [0.25, 0.3) is 0 Å². The minimum atomic E-state index is -0.223. The Bertz CT molecular complexity index is 827. The second-order valence-electron chi connectivity index (χ2n) is 5.69. The fourth-order valence-corrected chi connectivity index (χ4v) is 2.66. The third-order valence-corrected chi connectivity index (χ3v) is 4.11. The van der Waals surface area contributed by atoms with E-state index < -0.39 is 0 Å². The molecule has 0 fully saturated rings. The number of nitrogens with zero attached hydrogens (tertiary/aromatic N) is 1. The van der Waals surface area contributed by atoms with E-state index in [1.165, 1.54) is 0 Å². The fourth-order valence-electron chi connectivity index (χ4n) is 2.44. The highest BCUT2D eigenvalue weighted by Crippen LogP contribution is 2.29. The van der Waals surface area contributed by atoms with E-state index in [2.05, 4.69) is 20.9 Å². The van der Waals surface area contributed by atoms with Crippen LogP contribution in [0.2, 0.25) is 5.02 Å². The zero-order chi connectivity index (χ0) is 20.4. The Morgan fingerprint density at radius 3 is 2.50 bits per heavy atom. The molecule has 0 unspecified atom stereocenters. The number of ether oxygens (including phenoxy) is 2. The first-order chi connectivity index (χ1) is 13.6. The molecule has 8 heteroatoms. The zero-order valence-electron chi connectivity index (χ0n) is 16.2. The molecule has 0 aliphatic heterocycles. The molecular formula is C20H25ClN4O3. The first kappa shape index (κ1) is 21.4. The van der Waals surface area contributed by atoms with Gasteiger partial charge in [0.2, 0.25) is 0 Å². The highest BCUT2D eigenvalue weighted by atomic mass is 35.5. The smallest absolute Gasteiger partial charge is 0.252 e. The van der Waals surface area contributed by atoms with Gasteiger partial charge in [0.15, 0.2) is 17.5 Å². The van der Waals surface area contributed by atoms with E-state index in [1.807, 2.05) is 25.1 Å². The molecule has 2 rings (SSSR count). The van der Waals surface area contributed by atoms with Crippen molar-refractivity contribution >= 4 is 29.2 Å². The molecule has 7 nitrogen and oxygen atoms in total. The fraction of sp³-hybridized carbons (Fsp3) is 0.300. The number of amides is 1. The van der Waals surface area contributed by atoms with Crippen LogP contribution in [-0.2, 0) is 0 Å². The second-order valence-corrected chi connectivity index (χ2v) is 6.10. The maximum absolute atomic E-state index is 12.2. The topological polar surface area (TPSA) is 84.0 Å². The molecule has 0 atom stereocenters. The lowest BCUT2D eigenvalue weighted by Gasteiger charge is -2.14. The molecule has 0 aliphatic carbocycles. The highest BCUT2D eigenvalue weighted by Gasteiger charge is 2.09. The summed E-state index contributed by atoms with van der Waals surface area (Å²) in [4.78, 5) is 16.6. The Kier molecular flexibility index (Phi) is 8.42. The van der Waals surface area contributed by atoms with Gasteiger partial charge in [-0.3, -0.25) is 9.79 Å². The maximum Gasteiger partial charge on any atom is 0.252 e. The van der Waals surface area contributed by atoms with Crippen molar-refractivity contribution in [1.29, 1.82) is 0 Å². The number of carbonyl (C=O) groups is 1. The van der Waals surface area contributed by atoms with Crippen LogP contribution in [-0.4, -0.2) is 45.7 Å². The molecule has 0 radical (unpaired) electrons. The van der Waals surface area contributed by atoms with Crippen molar-refractivity contribution in [2.75, 3.05) is 39.2 Å². The van der Waals surface area contributed by atoms with Crippen LogP contribution in [0, 0.1) is 0 Å². The number of methoxy groups -OCH3 is 2. The van der Waals surface area contributed by atoms with Gasteiger partial charge in [-0.05, 0) is 31.2 Å². The van der Waals surface area contributed by atoms with E-state index in [9.17, 15) is 4.79 Å². The molecule has 0 saturated carbocycles. The first-order valence-corrected chi connectivity index (χ1v) is 9.27. The van der Waals surface area contributed by atoms with Gasteiger partial charge < -0.3 is 25.4 Å². The quantitative estimate of drug-likeness (QED) is 0.357. The van der Waals surface area contributed by atoms with Gasteiger partial charge in [0.05, 0.1) is 31.4 Å². The summed E-state index contributed by atoms with van der Waals surface area (Å²) in [7, 11) is 3.18. The van der Waals surface area contributed by atoms with Gasteiger partial charge in [0, 0.05) is 24.8 Å². The molecule has 0 bridgehead atoms. The largest absolute Gasteiger partial charge is 0.493 e. The Balaban J connectivity index is 1.95. The zero-order valence-corrected chi connectivity index (χ0v) is 17.0. The molecule has 0 aromatic heterocycles. The van der Waals surface area contributed by atoms with Crippen LogP contribution < -0.4 is 25.4 Å². The lowest BCUT2D eigenvalue weighted by atomic mass is 10.2. The summed E-state index contributed by atoms with van der Waals surface area (Å²) in [5.41, 5.74) is 1.25. The lowest BCUT2D eigenvalue weighted by molar-refractivity contribution is 0.0955. The maximum atomic E-state index is 12.2. The molecule has 0 spiro atoms. The van der Waals surface area contributed by atoms with Gasteiger partial charge in [-0.15, -0.1) is 0 Å². The van der Waals surface area contributed by atoms with Crippen molar-refractivity contribution in [3.05, 3.63) is 53.1 Å². The summed E-state index contributed by atoms with van der Waals surface area (Å²) < 4.78 is 10.6. The number of hydrogen-bond acceptors (Lipinski definition) is 4. The van der Waals surface area contributed by atoms with Gasteiger partial charge in [-0.2, -0.15) is 0 Å². The van der Waals surface area contributed by atoms with Crippen LogP contribution in [0.15, 0.2) is 47.5 Å². The number of aliphatic imine (C=N–C) groups is 1.